The number of nitrogens with one attached hydrogen (secondary N) is 1. The summed E-state index contributed by atoms with van der Waals surface area (Å²) >= 11 is 0. The van der Waals surface area contributed by atoms with Crippen LogP contribution in [0, 0.1) is 11.3 Å². The standard InChI is InChI=1S/C24H30N2O2/c1-24(2,3)16-22(27)26-14-13-25-23(28)20(17-26)15-19-11-7-8-12-21(19)18-9-5-4-6-10-18/h4-12,20H,13-17H2,1-3H3,(H,25,28)/t20-/m0/s1. The van der Waals surface area contributed by atoms with Gasteiger partial charge in [0.1, 0.15) is 0 Å². The van der Waals surface area contributed by atoms with Gasteiger partial charge in [-0.3, -0.25) is 9.59 Å². The minimum Gasteiger partial charge on any atom is -0.354 e. The van der Waals surface area contributed by atoms with Gasteiger partial charge in [-0.15, -0.1) is 0 Å². The minimum atomic E-state index is -0.240. The van der Waals surface area contributed by atoms with Crippen LogP contribution in [-0.4, -0.2) is 36.3 Å². The van der Waals surface area contributed by atoms with E-state index in [9.17, 15) is 9.59 Å². The summed E-state index contributed by atoms with van der Waals surface area (Å²) in [5.74, 6) is -0.0736. The molecule has 1 N–H and O–H groups in total. The lowest BCUT2D eigenvalue weighted by atomic mass is 9.90. The first kappa shape index (κ1) is 20.1. The first-order valence-corrected chi connectivity index (χ1v) is 10.0. The van der Waals surface area contributed by atoms with E-state index in [2.05, 4.69) is 50.4 Å². The molecule has 0 radical (unpaired) electrons. The third-order valence-corrected chi connectivity index (χ3v) is 5.10. The Balaban J connectivity index is 1.81. The highest BCUT2D eigenvalue weighted by atomic mass is 16.2. The number of benzene rings is 2. The van der Waals surface area contributed by atoms with Gasteiger partial charge in [-0.05, 0) is 28.5 Å². The number of hydrogen-bond donors (Lipinski definition) is 1. The summed E-state index contributed by atoms with van der Waals surface area (Å²) in [6.07, 6.45) is 1.12. The van der Waals surface area contributed by atoms with E-state index in [0.29, 0.717) is 32.5 Å². The average Bonchev–Trinajstić information content (AvgIpc) is 2.83. The lowest BCUT2D eigenvalue weighted by Gasteiger charge is -2.27. The molecule has 2 amide bonds. The maximum atomic E-state index is 12.7. The fourth-order valence-electron chi connectivity index (χ4n) is 3.71. The Labute approximate surface area is 167 Å². The highest BCUT2D eigenvalue weighted by molar-refractivity contribution is 5.82. The average molecular weight is 379 g/mol. The third kappa shape index (κ3) is 5.22. The zero-order valence-electron chi connectivity index (χ0n) is 17.1. The van der Waals surface area contributed by atoms with Crippen LogP contribution in [0.5, 0.6) is 0 Å². The van der Waals surface area contributed by atoms with Crippen LogP contribution in [0.15, 0.2) is 54.6 Å². The minimum absolute atomic E-state index is 0.0360. The van der Waals surface area contributed by atoms with Crippen molar-refractivity contribution in [2.24, 2.45) is 11.3 Å². The van der Waals surface area contributed by atoms with E-state index in [1.165, 1.54) is 0 Å². The van der Waals surface area contributed by atoms with Crippen LogP contribution in [0.25, 0.3) is 11.1 Å². The van der Waals surface area contributed by atoms with E-state index in [-0.39, 0.29) is 23.1 Å². The molecule has 1 saturated heterocycles. The Hall–Kier alpha value is -2.62. The predicted molar refractivity (Wildman–Crippen MR) is 113 cm³/mol. The van der Waals surface area contributed by atoms with Crippen molar-refractivity contribution in [3.05, 3.63) is 60.2 Å². The monoisotopic (exact) mass is 378 g/mol. The largest absolute Gasteiger partial charge is 0.354 e. The molecule has 1 fully saturated rings. The molecule has 0 aromatic heterocycles. The van der Waals surface area contributed by atoms with E-state index in [0.717, 1.165) is 16.7 Å². The number of carbonyl (C=O) groups excluding carboxylic acids is 2. The molecule has 0 aliphatic carbocycles. The molecule has 0 unspecified atom stereocenters. The maximum absolute atomic E-state index is 12.7. The zero-order valence-corrected chi connectivity index (χ0v) is 17.1. The molecule has 2 aromatic rings. The Bertz CT molecular complexity index is 824. The van der Waals surface area contributed by atoms with Crippen LogP contribution in [0.1, 0.15) is 32.8 Å². The summed E-state index contributed by atoms with van der Waals surface area (Å²) in [6.45, 7) is 7.78. The second-order valence-corrected chi connectivity index (χ2v) is 8.79. The zero-order chi connectivity index (χ0) is 20.1. The van der Waals surface area contributed by atoms with Crippen molar-refractivity contribution >= 4 is 11.8 Å². The summed E-state index contributed by atoms with van der Waals surface area (Å²) < 4.78 is 0. The van der Waals surface area contributed by atoms with Crippen molar-refractivity contribution in [3.63, 3.8) is 0 Å². The van der Waals surface area contributed by atoms with Crippen LogP contribution >= 0.6 is 0 Å². The van der Waals surface area contributed by atoms with Crippen LogP contribution in [0.3, 0.4) is 0 Å². The third-order valence-electron chi connectivity index (χ3n) is 5.10. The van der Waals surface area contributed by atoms with Gasteiger partial charge in [0, 0.05) is 26.1 Å². The molecule has 148 valence electrons. The number of amides is 2. The first-order valence-electron chi connectivity index (χ1n) is 10.0. The molecule has 1 heterocycles. The molecule has 4 heteroatoms. The molecule has 1 aliphatic rings. The number of hydrogen-bond acceptors (Lipinski definition) is 2. The molecule has 0 saturated carbocycles. The van der Waals surface area contributed by atoms with Gasteiger partial charge in [0.15, 0.2) is 0 Å². The second-order valence-electron chi connectivity index (χ2n) is 8.79. The van der Waals surface area contributed by atoms with E-state index < -0.39 is 0 Å². The number of rotatable bonds is 4. The van der Waals surface area contributed by atoms with Crippen LogP contribution in [-0.2, 0) is 16.0 Å². The quantitative estimate of drug-likeness (QED) is 0.877. The lowest BCUT2D eigenvalue weighted by Crippen LogP contribution is -2.38. The summed E-state index contributed by atoms with van der Waals surface area (Å²) in [7, 11) is 0. The molecular formula is C24H30N2O2. The molecular weight excluding hydrogens is 348 g/mol. The topological polar surface area (TPSA) is 49.4 Å². The van der Waals surface area contributed by atoms with Gasteiger partial charge in [-0.1, -0.05) is 75.4 Å². The Morgan fingerprint density at radius 2 is 1.75 bits per heavy atom. The Morgan fingerprint density at radius 1 is 1.07 bits per heavy atom. The Morgan fingerprint density at radius 3 is 2.46 bits per heavy atom. The van der Waals surface area contributed by atoms with Gasteiger partial charge in [0.05, 0.1) is 5.92 Å². The van der Waals surface area contributed by atoms with Crippen molar-refractivity contribution in [2.75, 3.05) is 19.6 Å². The molecule has 4 nitrogen and oxygen atoms in total. The summed E-state index contributed by atoms with van der Waals surface area (Å²) in [4.78, 5) is 27.3. The number of nitrogens with zero attached hydrogens (tertiary/aromatic N) is 1. The van der Waals surface area contributed by atoms with Crippen LogP contribution in [0.2, 0.25) is 0 Å². The normalized spacial score (nSPS) is 17.8. The highest BCUT2D eigenvalue weighted by Crippen LogP contribution is 2.27. The van der Waals surface area contributed by atoms with Gasteiger partial charge in [0.2, 0.25) is 11.8 Å². The van der Waals surface area contributed by atoms with Crippen LogP contribution in [0.4, 0.5) is 0 Å². The van der Waals surface area contributed by atoms with Crippen LogP contribution < -0.4 is 5.32 Å². The summed E-state index contributed by atoms with van der Waals surface area (Å²) in [6, 6.07) is 18.5. The summed E-state index contributed by atoms with van der Waals surface area (Å²) in [5.41, 5.74) is 3.37. The Kier molecular flexibility index (Phi) is 6.18. The molecule has 0 bridgehead atoms. The van der Waals surface area contributed by atoms with Crippen molar-refractivity contribution in [1.82, 2.24) is 10.2 Å². The van der Waals surface area contributed by atoms with Crippen molar-refractivity contribution < 1.29 is 9.59 Å². The molecule has 1 atom stereocenters. The van der Waals surface area contributed by atoms with Crippen molar-refractivity contribution in [2.45, 2.75) is 33.6 Å². The smallest absolute Gasteiger partial charge is 0.225 e. The fraction of sp³-hybridized carbons (Fsp3) is 0.417. The molecule has 3 rings (SSSR count). The van der Waals surface area contributed by atoms with Gasteiger partial charge in [-0.2, -0.15) is 0 Å². The first-order chi connectivity index (χ1) is 13.3. The SMILES string of the molecule is CC(C)(C)CC(=O)N1CCNC(=O)[C@@H](Cc2ccccc2-c2ccccc2)C1. The lowest BCUT2D eigenvalue weighted by molar-refractivity contribution is -0.133. The van der Waals surface area contributed by atoms with Crippen molar-refractivity contribution in [3.8, 4) is 11.1 Å². The highest BCUT2D eigenvalue weighted by Gasteiger charge is 2.30. The molecule has 28 heavy (non-hydrogen) atoms. The van der Waals surface area contributed by atoms with Gasteiger partial charge >= 0.3 is 0 Å². The maximum Gasteiger partial charge on any atom is 0.225 e. The summed E-state index contributed by atoms with van der Waals surface area (Å²) in [5, 5.41) is 2.99. The van der Waals surface area contributed by atoms with Crippen molar-refractivity contribution in [1.29, 1.82) is 0 Å². The number of carbonyl (C=O) groups is 2. The molecule has 1 aliphatic heterocycles. The van der Waals surface area contributed by atoms with Gasteiger partial charge in [-0.25, -0.2) is 0 Å². The van der Waals surface area contributed by atoms with E-state index in [1.54, 1.807) is 0 Å². The fourth-order valence-corrected chi connectivity index (χ4v) is 3.71. The van der Waals surface area contributed by atoms with E-state index in [1.807, 2.05) is 35.2 Å². The van der Waals surface area contributed by atoms with Gasteiger partial charge in [0.25, 0.3) is 0 Å². The van der Waals surface area contributed by atoms with E-state index in [4.69, 9.17) is 0 Å². The molecule has 0 spiro atoms. The van der Waals surface area contributed by atoms with Gasteiger partial charge < -0.3 is 10.2 Å². The predicted octanol–water partition coefficient (Wildman–Crippen LogP) is 3.91. The second kappa shape index (κ2) is 8.59. The molecule has 2 aromatic carbocycles. The van der Waals surface area contributed by atoms with E-state index >= 15 is 0 Å².